The van der Waals surface area contributed by atoms with E-state index in [0.29, 0.717) is 11.4 Å². The average Bonchev–Trinajstić information content (AvgIpc) is 2.64. The zero-order valence-electron chi connectivity index (χ0n) is 15.1. The Morgan fingerprint density at radius 3 is 2.65 bits per heavy atom. The molecule has 2 atom stereocenters. The molecule has 0 spiro atoms. The number of amides is 2. The minimum Gasteiger partial charge on any atom is -0.495 e. The first-order chi connectivity index (χ1) is 12.5. The van der Waals surface area contributed by atoms with Crippen LogP contribution in [0, 0.1) is 6.92 Å². The van der Waals surface area contributed by atoms with Gasteiger partial charge in [-0.2, -0.15) is 0 Å². The number of rotatable bonds is 4. The largest absolute Gasteiger partial charge is 0.495 e. The van der Waals surface area contributed by atoms with E-state index in [9.17, 15) is 9.59 Å². The smallest absolute Gasteiger partial charge is 0.256 e. The predicted octanol–water partition coefficient (Wildman–Crippen LogP) is 2.54. The lowest BCUT2D eigenvalue weighted by molar-refractivity contribution is -0.160. The Balaban J connectivity index is 1.89. The maximum absolute atomic E-state index is 13.0. The van der Waals surface area contributed by atoms with E-state index in [1.54, 1.807) is 25.1 Å². The predicted molar refractivity (Wildman–Crippen MR) is 98.1 cm³/mol. The van der Waals surface area contributed by atoms with Crippen molar-refractivity contribution in [3.05, 3.63) is 59.7 Å². The van der Waals surface area contributed by atoms with Gasteiger partial charge in [-0.25, -0.2) is 0 Å². The molecule has 0 unspecified atom stereocenters. The lowest BCUT2D eigenvalue weighted by Gasteiger charge is -2.38. The van der Waals surface area contributed by atoms with Gasteiger partial charge in [-0.3, -0.25) is 9.59 Å². The summed E-state index contributed by atoms with van der Waals surface area (Å²) in [5, 5.41) is 2.88. The molecule has 26 heavy (non-hydrogen) atoms. The van der Waals surface area contributed by atoms with Crippen LogP contribution in [0.4, 0.5) is 5.69 Å². The Bertz CT molecular complexity index is 807. The second-order valence-corrected chi connectivity index (χ2v) is 6.28. The monoisotopic (exact) mass is 354 g/mol. The van der Waals surface area contributed by atoms with Gasteiger partial charge in [-0.05, 0) is 30.2 Å². The van der Waals surface area contributed by atoms with Crippen molar-refractivity contribution in [2.45, 2.75) is 19.1 Å². The number of anilines is 1. The molecule has 1 fully saturated rings. The van der Waals surface area contributed by atoms with Crippen molar-refractivity contribution in [3.8, 4) is 5.75 Å². The number of nitrogens with zero attached hydrogens (tertiary/aromatic N) is 1. The van der Waals surface area contributed by atoms with E-state index in [1.807, 2.05) is 49.4 Å². The van der Waals surface area contributed by atoms with Crippen LogP contribution >= 0.6 is 0 Å². The van der Waals surface area contributed by atoms with Gasteiger partial charge in [-0.15, -0.1) is 0 Å². The minimum absolute atomic E-state index is 0.122. The molecule has 1 aliphatic heterocycles. The molecule has 0 saturated carbocycles. The number of benzene rings is 2. The molecule has 6 nitrogen and oxygen atoms in total. The Labute approximate surface area is 152 Å². The topological polar surface area (TPSA) is 67.9 Å². The SMILES string of the molecule is COc1ccc(C)cc1NC(=O)[C@@H]1OCC(=O)N(C)[C@H]1c1ccccc1. The highest BCUT2D eigenvalue weighted by atomic mass is 16.5. The molecule has 3 rings (SSSR count). The molecule has 0 aliphatic carbocycles. The highest BCUT2D eigenvalue weighted by Gasteiger charge is 2.40. The summed E-state index contributed by atoms with van der Waals surface area (Å²) >= 11 is 0. The highest BCUT2D eigenvalue weighted by Crippen LogP contribution is 2.31. The first-order valence-corrected chi connectivity index (χ1v) is 8.39. The molecule has 2 aromatic rings. The van der Waals surface area contributed by atoms with Crippen LogP contribution < -0.4 is 10.1 Å². The summed E-state index contributed by atoms with van der Waals surface area (Å²) in [6.07, 6.45) is -0.815. The molecule has 2 aromatic carbocycles. The molecule has 136 valence electrons. The molecular formula is C20H22N2O4. The Kier molecular flexibility index (Phi) is 5.23. The van der Waals surface area contributed by atoms with Crippen LogP contribution in [0.1, 0.15) is 17.2 Å². The first kappa shape index (κ1) is 17.9. The minimum atomic E-state index is -0.815. The van der Waals surface area contributed by atoms with Crippen molar-refractivity contribution >= 4 is 17.5 Å². The fraction of sp³-hybridized carbons (Fsp3) is 0.300. The third-order valence-electron chi connectivity index (χ3n) is 4.50. The molecule has 1 heterocycles. The van der Waals surface area contributed by atoms with Crippen molar-refractivity contribution in [2.24, 2.45) is 0 Å². The Hall–Kier alpha value is -2.86. The standard InChI is InChI=1S/C20H22N2O4/c1-13-9-10-16(25-3)15(11-13)21-20(24)19-18(14-7-5-4-6-8-14)22(2)17(23)12-26-19/h4-11,18-19H,12H2,1-3H3,(H,21,24)/t18-,19+/m0/s1. The number of aryl methyl sites for hydroxylation is 1. The van der Waals surface area contributed by atoms with Gasteiger partial charge in [0.1, 0.15) is 12.4 Å². The second kappa shape index (κ2) is 7.58. The number of nitrogens with one attached hydrogen (secondary N) is 1. The van der Waals surface area contributed by atoms with Crippen LogP contribution in [-0.2, 0) is 14.3 Å². The van der Waals surface area contributed by atoms with E-state index in [1.165, 1.54) is 0 Å². The number of hydrogen-bond acceptors (Lipinski definition) is 4. The van der Waals surface area contributed by atoms with Gasteiger partial charge in [0, 0.05) is 7.05 Å². The quantitative estimate of drug-likeness (QED) is 0.916. The number of hydrogen-bond donors (Lipinski definition) is 1. The molecule has 0 radical (unpaired) electrons. The third-order valence-corrected chi connectivity index (χ3v) is 4.50. The zero-order valence-corrected chi connectivity index (χ0v) is 15.1. The fourth-order valence-corrected chi connectivity index (χ4v) is 3.10. The van der Waals surface area contributed by atoms with Crippen molar-refractivity contribution < 1.29 is 19.1 Å². The number of carbonyl (C=O) groups is 2. The van der Waals surface area contributed by atoms with Crippen molar-refractivity contribution in [3.63, 3.8) is 0 Å². The number of methoxy groups -OCH3 is 1. The van der Waals surface area contributed by atoms with Crippen LogP contribution in [0.15, 0.2) is 48.5 Å². The van der Waals surface area contributed by atoms with E-state index < -0.39 is 12.1 Å². The van der Waals surface area contributed by atoms with Crippen molar-refractivity contribution in [1.82, 2.24) is 4.90 Å². The molecule has 0 bridgehead atoms. The summed E-state index contributed by atoms with van der Waals surface area (Å²) < 4.78 is 10.9. The number of carbonyl (C=O) groups excluding carboxylic acids is 2. The molecule has 1 saturated heterocycles. The normalized spacial score (nSPS) is 20.0. The van der Waals surface area contributed by atoms with E-state index in [2.05, 4.69) is 5.32 Å². The van der Waals surface area contributed by atoms with Crippen LogP contribution in [0.5, 0.6) is 5.75 Å². The van der Waals surface area contributed by atoms with Crippen LogP contribution in [0.3, 0.4) is 0 Å². The molecule has 2 amide bonds. The summed E-state index contributed by atoms with van der Waals surface area (Å²) in [5.41, 5.74) is 2.42. The number of likely N-dealkylation sites (N-methyl/N-ethyl adjacent to an activating group) is 1. The summed E-state index contributed by atoms with van der Waals surface area (Å²) in [6.45, 7) is 1.81. The van der Waals surface area contributed by atoms with E-state index in [4.69, 9.17) is 9.47 Å². The maximum Gasteiger partial charge on any atom is 0.256 e. The van der Waals surface area contributed by atoms with Gasteiger partial charge in [0.15, 0.2) is 6.10 Å². The average molecular weight is 354 g/mol. The van der Waals surface area contributed by atoms with E-state index >= 15 is 0 Å². The number of morpholine rings is 1. The van der Waals surface area contributed by atoms with Gasteiger partial charge in [0.05, 0.1) is 18.8 Å². The molecule has 0 aromatic heterocycles. The third kappa shape index (κ3) is 3.55. The summed E-state index contributed by atoms with van der Waals surface area (Å²) in [6, 6.07) is 14.5. The fourth-order valence-electron chi connectivity index (χ4n) is 3.10. The van der Waals surface area contributed by atoms with Gasteiger partial charge in [-0.1, -0.05) is 36.4 Å². The summed E-state index contributed by atoms with van der Waals surface area (Å²) in [7, 11) is 3.24. The van der Waals surface area contributed by atoms with Crippen molar-refractivity contribution in [1.29, 1.82) is 0 Å². The molecule has 6 heteroatoms. The van der Waals surface area contributed by atoms with Crippen LogP contribution in [0.2, 0.25) is 0 Å². The Morgan fingerprint density at radius 2 is 1.96 bits per heavy atom. The van der Waals surface area contributed by atoms with Gasteiger partial charge in [0.2, 0.25) is 5.91 Å². The zero-order chi connectivity index (χ0) is 18.7. The van der Waals surface area contributed by atoms with Crippen LogP contribution in [0.25, 0.3) is 0 Å². The maximum atomic E-state index is 13.0. The van der Waals surface area contributed by atoms with Crippen molar-refractivity contribution in [2.75, 3.05) is 26.1 Å². The summed E-state index contributed by atoms with van der Waals surface area (Å²) in [4.78, 5) is 26.6. The van der Waals surface area contributed by atoms with Gasteiger partial charge < -0.3 is 19.7 Å². The number of ether oxygens (including phenoxy) is 2. The highest BCUT2D eigenvalue weighted by molar-refractivity contribution is 5.97. The Morgan fingerprint density at radius 1 is 1.23 bits per heavy atom. The lowest BCUT2D eigenvalue weighted by Crippen LogP contribution is -2.51. The van der Waals surface area contributed by atoms with Gasteiger partial charge in [0.25, 0.3) is 5.91 Å². The van der Waals surface area contributed by atoms with E-state index in [-0.39, 0.29) is 18.4 Å². The van der Waals surface area contributed by atoms with Crippen LogP contribution in [-0.4, -0.2) is 43.6 Å². The second-order valence-electron chi connectivity index (χ2n) is 6.28. The lowest BCUT2D eigenvalue weighted by atomic mass is 9.97. The molecular weight excluding hydrogens is 332 g/mol. The first-order valence-electron chi connectivity index (χ1n) is 8.39. The summed E-state index contributed by atoms with van der Waals surface area (Å²) in [5.74, 6) is 0.0959. The molecule has 1 aliphatic rings. The van der Waals surface area contributed by atoms with E-state index in [0.717, 1.165) is 11.1 Å². The van der Waals surface area contributed by atoms with Gasteiger partial charge >= 0.3 is 0 Å². The molecule has 1 N–H and O–H groups in total.